The Morgan fingerprint density at radius 2 is 1.92 bits per heavy atom. The highest BCUT2D eigenvalue weighted by atomic mass is 19.1. The van der Waals surface area contributed by atoms with Crippen LogP contribution in [0.4, 0.5) is 9.18 Å². The second-order valence-electron chi connectivity index (χ2n) is 8.19. The number of rotatable bonds is 4. The van der Waals surface area contributed by atoms with Gasteiger partial charge in [0, 0.05) is 6.04 Å². The number of hydrogen-bond donors (Lipinski definition) is 2. The van der Waals surface area contributed by atoms with Crippen LogP contribution in [-0.4, -0.2) is 39.9 Å². The number of nitrogens with zero attached hydrogens (tertiary/aromatic N) is 1. The van der Waals surface area contributed by atoms with E-state index in [1.807, 2.05) is 20.8 Å². The van der Waals surface area contributed by atoms with Crippen LogP contribution in [0.25, 0.3) is 0 Å². The van der Waals surface area contributed by atoms with E-state index in [4.69, 9.17) is 14.6 Å². The largest absolute Gasteiger partial charge is 0.477 e. The number of carboxylic acid groups (broad SMARTS) is 1. The first-order chi connectivity index (χ1) is 12.1. The van der Waals surface area contributed by atoms with Gasteiger partial charge in [0.1, 0.15) is 17.3 Å². The normalized spacial score (nSPS) is 27.2. The minimum atomic E-state index is -1.20. The minimum absolute atomic E-state index is 0.0766. The van der Waals surface area contributed by atoms with Gasteiger partial charge in [-0.2, -0.15) is 9.37 Å². The Kier molecular flexibility index (Phi) is 4.54. The van der Waals surface area contributed by atoms with Gasteiger partial charge in [-0.3, -0.25) is 0 Å². The monoisotopic (exact) mass is 366 g/mol. The maximum absolute atomic E-state index is 13.3. The smallest absolute Gasteiger partial charge is 0.407 e. The number of carbonyl (C=O) groups is 2. The van der Waals surface area contributed by atoms with Crippen molar-refractivity contribution in [2.75, 3.05) is 0 Å². The molecule has 0 atom stereocenters. The van der Waals surface area contributed by atoms with E-state index in [9.17, 15) is 14.0 Å². The van der Waals surface area contributed by atoms with Gasteiger partial charge < -0.3 is 19.9 Å². The summed E-state index contributed by atoms with van der Waals surface area (Å²) in [5, 5.41) is 12.0. The fourth-order valence-electron chi connectivity index (χ4n) is 3.71. The van der Waals surface area contributed by atoms with Gasteiger partial charge in [-0.1, -0.05) is 0 Å². The predicted molar refractivity (Wildman–Crippen MR) is 89.6 cm³/mol. The summed E-state index contributed by atoms with van der Waals surface area (Å²) in [6, 6.07) is 2.23. The second-order valence-corrected chi connectivity index (χ2v) is 8.19. The minimum Gasteiger partial charge on any atom is -0.477 e. The zero-order valence-electron chi connectivity index (χ0n) is 15.0. The average molecular weight is 366 g/mol. The Labute approximate surface area is 150 Å². The molecule has 0 unspecified atom stereocenters. The van der Waals surface area contributed by atoms with E-state index in [0.29, 0.717) is 0 Å². The third kappa shape index (κ3) is 4.05. The van der Waals surface area contributed by atoms with Crippen molar-refractivity contribution < 1.29 is 28.6 Å². The van der Waals surface area contributed by atoms with E-state index in [2.05, 4.69) is 10.3 Å². The molecule has 1 amide bonds. The first-order valence-electron chi connectivity index (χ1n) is 8.61. The zero-order valence-corrected chi connectivity index (χ0v) is 15.0. The number of carboxylic acids is 1. The van der Waals surface area contributed by atoms with Crippen LogP contribution in [0.1, 0.15) is 56.8 Å². The Bertz CT molecular complexity index is 717. The van der Waals surface area contributed by atoms with Gasteiger partial charge in [0.05, 0.1) is 0 Å². The van der Waals surface area contributed by atoms with Crippen LogP contribution in [0.3, 0.4) is 0 Å². The lowest BCUT2D eigenvalue weighted by molar-refractivity contribution is -0.0869. The third-order valence-electron chi connectivity index (χ3n) is 4.74. The molecule has 0 radical (unpaired) electrons. The van der Waals surface area contributed by atoms with Gasteiger partial charge in [-0.15, -0.1) is 0 Å². The van der Waals surface area contributed by atoms with E-state index in [-0.39, 0.29) is 29.0 Å². The van der Waals surface area contributed by atoms with Gasteiger partial charge in [0.25, 0.3) is 0 Å². The molecule has 0 aliphatic heterocycles. The lowest BCUT2D eigenvalue weighted by atomic mass is 9.53. The molecular formula is C18H23FN2O5. The fourth-order valence-corrected chi connectivity index (χ4v) is 3.71. The molecule has 26 heavy (non-hydrogen) atoms. The quantitative estimate of drug-likeness (QED) is 0.795. The highest BCUT2D eigenvalue weighted by Crippen LogP contribution is 2.56. The van der Waals surface area contributed by atoms with Crippen molar-refractivity contribution >= 4 is 12.1 Å². The maximum Gasteiger partial charge on any atom is 0.407 e. The second kappa shape index (κ2) is 6.41. The number of aromatic nitrogens is 1. The molecule has 1 heterocycles. The summed E-state index contributed by atoms with van der Waals surface area (Å²) in [4.78, 5) is 26.5. The Balaban J connectivity index is 1.47. The summed E-state index contributed by atoms with van der Waals surface area (Å²) in [5.74, 6) is -2.16. The lowest BCUT2D eigenvalue weighted by Gasteiger charge is -2.57. The lowest BCUT2D eigenvalue weighted by Crippen LogP contribution is -2.59. The average Bonchev–Trinajstić information content (AvgIpc) is 2.40. The van der Waals surface area contributed by atoms with Crippen molar-refractivity contribution in [3.8, 4) is 5.88 Å². The molecule has 0 aromatic carbocycles. The van der Waals surface area contributed by atoms with Crippen molar-refractivity contribution in [2.45, 2.75) is 64.2 Å². The van der Waals surface area contributed by atoms with Crippen LogP contribution in [0, 0.1) is 11.4 Å². The zero-order chi connectivity index (χ0) is 19.1. The number of aromatic carboxylic acids is 1. The molecule has 8 heteroatoms. The van der Waals surface area contributed by atoms with Gasteiger partial charge >= 0.3 is 12.1 Å². The first-order valence-corrected chi connectivity index (χ1v) is 8.61. The van der Waals surface area contributed by atoms with Crippen molar-refractivity contribution in [1.82, 2.24) is 10.3 Å². The molecule has 2 aliphatic carbocycles. The highest BCUT2D eigenvalue weighted by Gasteiger charge is 2.54. The van der Waals surface area contributed by atoms with Gasteiger partial charge in [0.2, 0.25) is 11.8 Å². The fraction of sp³-hybridized carbons (Fsp3) is 0.611. The first kappa shape index (κ1) is 18.4. The molecule has 2 N–H and O–H groups in total. The standard InChI is InChI=1S/C18H23FN2O5/c1-17(2,3)26-16(24)20-10-6-18(7-10)8-11(9-18)25-14-12(15(22)23)4-5-13(19)21-14/h4-5,10-11H,6-9H2,1-3H3,(H,20,24)(H,22,23). The molecule has 7 nitrogen and oxygen atoms in total. The summed E-state index contributed by atoms with van der Waals surface area (Å²) in [5.41, 5.74) is -0.577. The number of carbonyl (C=O) groups excluding carboxylic acids is 1. The van der Waals surface area contributed by atoms with Crippen molar-refractivity contribution in [2.24, 2.45) is 5.41 Å². The van der Waals surface area contributed by atoms with E-state index < -0.39 is 23.6 Å². The molecule has 0 bridgehead atoms. The highest BCUT2D eigenvalue weighted by molar-refractivity contribution is 5.90. The molecule has 2 fully saturated rings. The SMILES string of the molecule is CC(C)(C)OC(=O)NC1CC2(C1)CC(Oc1nc(F)ccc1C(=O)O)C2. The van der Waals surface area contributed by atoms with E-state index in [1.165, 1.54) is 0 Å². The summed E-state index contributed by atoms with van der Waals surface area (Å²) < 4.78 is 24.1. The number of alkyl carbamates (subject to hydrolysis) is 1. The van der Waals surface area contributed by atoms with Crippen LogP contribution in [0.15, 0.2) is 12.1 Å². The van der Waals surface area contributed by atoms with Crippen molar-refractivity contribution in [3.05, 3.63) is 23.6 Å². The van der Waals surface area contributed by atoms with Crippen molar-refractivity contribution in [1.29, 1.82) is 0 Å². The number of halogens is 1. The van der Waals surface area contributed by atoms with E-state index in [0.717, 1.165) is 37.8 Å². The number of amides is 1. The van der Waals surface area contributed by atoms with Crippen LogP contribution in [-0.2, 0) is 4.74 Å². The molecule has 1 aromatic rings. The van der Waals surface area contributed by atoms with E-state index in [1.54, 1.807) is 0 Å². The molecule has 0 saturated heterocycles. The van der Waals surface area contributed by atoms with Gasteiger partial charge in [-0.05, 0) is 64.0 Å². The summed E-state index contributed by atoms with van der Waals surface area (Å²) in [6.45, 7) is 5.44. The molecular weight excluding hydrogens is 343 g/mol. The predicted octanol–water partition coefficient (Wildman–Crippen LogP) is 3.13. The molecule has 2 saturated carbocycles. The number of pyridine rings is 1. The summed E-state index contributed by atoms with van der Waals surface area (Å²) in [7, 11) is 0. The molecule has 142 valence electrons. The Morgan fingerprint density at radius 3 is 2.50 bits per heavy atom. The van der Waals surface area contributed by atoms with E-state index >= 15 is 0 Å². The molecule has 2 aliphatic rings. The molecule has 1 spiro atoms. The molecule has 1 aromatic heterocycles. The number of nitrogens with one attached hydrogen (secondary N) is 1. The number of ether oxygens (including phenoxy) is 2. The Morgan fingerprint density at radius 1 is 1.27 bits per heavy atom. The van der Waals surface area contributed by atoms with Crippen molar-refractivity contribution in [3.63, 3.8) is 0 Å². The summed E-state index contributed by atoms with van der Waals surface area (Å²) >= 11 is 0. The van der Waals surface area contributed by atoms with Crippen LogP contribution in [0.5, 0.6) is 5.88 Å². The Hall–Kier alpha value is -2.38. The molecule has 3 rings (SSSR count). The van der Waals surface area contributed by atoms with Crippen LogP contribution >= 0.6 is 0 Å². The third-order valence-corrected chi connectivity index (χ3v) is 4.74. The van der Waals surface area contributed by atoms with Crippen LogP contribution in [0.2, 0.25) is 0 Å². The summed E-state index contributed by atoms with van der Waals surface area (Å²) in [6.07, 6.45) is 2.51. The van der Waals surface area contributed by atoms with Gasteiger partial charge in [0.15, 0.2) is 0 Å². The van der Waals surface area contributed by atoms with Crippen LogP contribution < -0.4 is 10.1 Å². The number of hydrogen-bond acceptors (Lipinski definition) is 5. The topological polar surface area (TPSA) is 97.8 Å². The van der Waals surface area contributed by atoms with Gasteiger partial charge in [-0.25, -0.2) is 9.59 Å². The maximum atomic E-state index is 13.3.